The van der Waals surface area contributed by atoms with Crippen LogP contribution in [0.3, 0.4) is 0 Å². The molecule has 0 spiro atoms. The third kappa shape index (κ3) is 3.55. The second-order valence-corrected chi connectivity index (χ2v) is 6.49. The van der Waals surface area contributed by atoms with Crippen LogP contribution in [0.2, 0.25) is 0 Å². The summed E-state index contributed by atoms with van der Waals surface area (Å²) in [6.45, 7) is 5.26. The molecule has 126 valence electrons. The van der Waals surface area contributed by atoms with Gasteiger partial charge in [-0.3, -0.25) is 9.78 Å². The van der Waals surface area contributed by atoms with Gasteiger partial charge >= 0.3 is 5.97 Å². The van der Waals surface area contributed by atoms with Gasteiger partial charge in [-0.2, -0.15) is 0 Å². The van der Waals surface area contributed by atoms with Crippen molar-refractivity contribution in [2.45, 2.75) is 26.7 Å². The number of amides is 1. The number of likely N-dealkylation sites (tertiary alicyclic amines) is 1. The molecule has 1 atom stereocenters. The lowest BCUT2D eigenvalue weighted by Crippen LogP contribution is -2.41. The molecule has 24 heavy (non-hydrogen) atoms. The minimum atomic E-state index is -0.477. The Hall–Kier alpha value is -2.43. The maximum atomic E-state index is 12.4. The van der Waals surface area contributed by atoms with Crippen LogP contribution in [0.5, 0.6) is 0 Å². The van der Waals surface area contributed by atoms with Crippen molar-refractivity contribution < 1.29 is 14.3 Å². The summed E-state index contributed by atoms with van der Waals surface area (Å²) in [5, 5.41) is 0.743. The van der Waals surface area contributed by atoms with Gasteiger partial charge in [-0.05, 0) is 37.8 Å². The molecule has 5 nitrogen and oxygen atoms in total. The van der Waals surface area contributed by atoms with Crippen molar-refractivity contribution in [3.63, 3.8) is 0 Å². The van der Waals surface area contributed by atoms with Gasteiger partial charge in [-0.15, -0.1) is 0 Å². The highest BCUT2D eigenvalue weighted by Gasteiger charge is 2.22. The van der Waals surface area contributed by atoms with E-state index in [1.807, 2.05) is 31.2 Å². The van der Waals surface area contributed by atoms with Crippen LogP contribution in [0.1, 0.15) is 35.8 Å². The van der Waals surface area contributed by atoms with Crippen LogP contribution in [0.15, 0.2) is 30.3 Å². The van der Waals surface area contributed by atoms with Crippen LogP contribution in [0, 0.1) is 12.8 Å². The van der Waals surface area contributed by atoms with Crippen LogP contribution < -0.4 is 0 Å². The van der Waals surface area contributed by atoms with Crippen LogP contribution in [0.4, 0.5) is 0 Å². The predicted molar refractivity (Wildman–Crippen MR) is 91.7 cm³/mol. The molecule has 0 radical (unpaired) electrons. The number of aryl methyl sites for hydroxylation is 1. The van der Waals surface area contributed by atoms with Crippen LogP contribution in [-0.4, -0.2) is 41.5 Å². The molecular formula is C19H22N2O3. The van der Waals surface area contributed by atoms with Crippen LogP contribution >= 0.6 is 0 Å². The molecule has 5 heteroatoms. The number of carbonyl (C=O) groups excluding carboxylic acids is 2. The largest absolute Gasteiger partial charge is 0.452 e. The van der Waals surface area contributed by atoms with Crippen molar-refractivity contribution in [1.29, 1.82) is 0 Å². The molecule has 1 saturated heterocycles. The van der Waals surface area contributed by atoms with E-state index in [1.165, 1.54) is 0 Å². The van der Waals surface area contributed by atoms with E-state index < -0.39 is 5.97 Å². The minimum Gasteiger partial charge on any atom is -0.452 e. The number of hydrogen-bond donors (Lipinski definition) is 0. The number of para-hydroxylation sites is 1. The van der Waals surface area contributed by atoms with Crippen molar-refractivity contribution in [1.82, 2.24) is 9.88 Å². The summed E-state index contributed by atoms with van der Waals surface area (Å²) in [7, 11) is 0. The SMILES string of the molecule is Cc1cc(C(=O)OCC(=O)N2CCC[C@@H](C)C2)c2ccccc2n1. The number of aromatic nitrogens is 1. The van der Waals surface area contributed by atoms with E-state index in [1.54, 1.807) is 11.0 Å². The minimum absolute atomic E-state index is 0.120. The third-order valence-electron chi connectivity index (χ3n) is 4.40. The molecule has 0 saturated carbocycles. The van der Waals surface area contributed by atoms with Gasteiger partial charge in [0.2, 0.25) is 0 Å². The van der Waals surface area contributed by atoms with E-state index in [0.717, 1.165) is 42.5 Å². The Balaban J connectivity index is 1.70. The Kier molecular flexibility index (Phi) is 4.79. The van der Waals surface area contributed by atoms with Gasteiger partial charge in [0.1, 0.15) is 0 Å². The summed E-state index contributed by atoms with van der Waals surface area (Å²) in [5.41, 5.74) is 1.95. The second-order valence-electron chi connectivity index (χ2n) is 6.49. The average molecular weight is 326 g/mol. The number of rotatable bonds is 3. The molecule has 1 aromatic carbocycles. The summed E-state index contributed by atoms with van der Waals surface area (Å²) in [5.74, 6) is -0.0923. The van der Waals surface area contributed by atoms with E-state index in [9.17, 15) is 9.59 Å². The Labute approximate surface area is 141 Å². The zero-order chi connectivity index (χ0) is 17.1. The van der Waals surface area contributed by atoms with Crippen molar-refractivity contribution in [2.24, 2.45) is 5.92 Å². The number of benzene rings is 1. The molecule has 2 aromatic rings. The third-order valence-corrected chi connectivity index (χ3v) is 4.40. The van der Waals surface area contributed by atoms with Crippen LogP contribution in [0.25, 0.3) is 10.9 Å². The first-order valence-corrected chi connectivity index (χ1v) is 8.36. The number of esters is 1. The van der Waals surface area contributed by atoms with E-state index in [-0.39, 0.29) is 12.5 Å². The van der Waals surface area contributed by atoms with E-state index in [2.05, 4.69) is 11.9 Å². The van der Waals surface area contributed by atoms with Gasteiger partial charge < -0.3 is 9.64 Å². The standard InChI is InChI=1S/C19H22N2O3/c1-13-6-5-9-21(11-13)18(22)12-24-19(23)16-10-14(2)20-17-8-4-3-7-15(16)17/h3-4,7-8,10,13H,5-6,9,11-12H2,1-2H3/t13-/m1/s1. The van der Waals surface area contributed by atoms with Gasteiger partial charge in [-0.1, -0.05) is 25.1 Å². The topological polar surface area (TPSA) is 59.5 Å². The van der Waals surface area contributed by atoms with Gasteiger partial charge in [0.25, 0.3) is 5.91 Å². The summed E-state index contributed by atoms with van der Waals surface area (Å²) < 4.78 is 5.28. The highest BCUT2D eigenvalue weighted by atomic mass is 16.5. The highest BCUT2D eigenvalue weighted by Crippen LogP contribution is 2.19. The number of fused-ring (bicyclic) bond motifs is 1. The number of pyridine rings is 1. The van der Waals surface area contributed by atoms with Gasteiger partial charge in [0.05, 0.1) is 11.1 Å². The molecular weight excluding hydrogens is 304 g/mol. The predicted octanol–water partition coefficient (Wildman–Crippen LogP) is 2.96. The smallest absolute Gasteiger partial charge is 0.339 e. The summed E-state index contributed by atoms with van der Waals surface area (Å²) in [4.78, 5) is 30.9. The Morgan fingerprint density at radius 1 is 1.33 bits per heavy atom. The van der Waals surface area contributed by atoms with E-state index in [0.29, 0.717) is 11.5 Å². The zero-order valence-electron chi connectivity index (χ0n) is 14.1. The van der Waals surface area contributed by atoms with Gasteiger partial charge in [0, 0.05) is 24.2 Å². The molecule has 1 aliphatic rings. The van der Waals surface area contributed by atoms with E-state index >= 15 is 0 Å². The quantitative estimate of drug-likeness (QED) is 0.814. The molecule has 0 aliphatic carbocycles. The lowest BCUT2D eigenvalue weighted by Gasteiger charge is -2.30. The monoisotopic (exact) mass is 326 g/mol. The normalized spacial score (nSPS) is 17.8. The first-order chi connectivity index (χ1) is 11.5. The Bertz CT molecular complexity index is 772. The molecule has 0 bridgehead atoms. The Morgan fingerprint density at radius 3 is 2.92 bits per heavy atom. The Morgan fingerprint density at radius 2 is 2.12 bits per heavy atom. The molecule has 1 amide bonds. The number of carbonyl (C=O) groups is 2. The maximum absolute atomic E-state index is 12.4. The number of hydrogen-bond acceptors (Lipinski definition) is 4. The second kappa shape index (κ2) is 6.99. The highest BCUT2D eigenvalue weighted by molar-refractivity contribution is 6.04. The van der Waals surface area contributed by atoms with Crippen molar-refractivity contribution >= 4 is 22.8 Å². The lowest BCUT2D eigenvalue weighted by molar-refractivity contribution is -0.136. The van der Waals surface area contributed by atoms with Crippen LogP contribution in [-0.2, 0) is 9.53 Å². The van der Waals surface area contributed by atoms with Crippen molar-refractivity contribution in [3.05, 3.63) is 41.6 Å². The fourth-order valence-corrected chi connectivity index (χ4v) is 3.19. The zero-order valence-corrected chi connectivity index (χ0v) is 14.1. The lowest BCUT2D eigenvalue weighted by atomic mass is 10.0. The molecule has 0 unspecified atom stereocenters. The van der Waals surface area contributed by atoms with Gasteiger partial charge in [-0.25, -0.2) is 4.79 Å². The number of ether oxygens (including phenoxy) is 1. The first kappa shape index (κ1) is 16.4. The van der Waals surface area contributed by atoms with Crippen molar-refractivity contribution in [2.75, 3.05) is 19.7 Å². The summed E-state index contributed by atoms with van der Waals surface area (Å²) in [6.07, 6.45) is 2.15. The average Bonchev–Trinajstić information content (AvgIpc) is 2.58. The molecule has 1 aliphatic heterocycles. The number of nitrogens with zero attached hydrogens (tertiary/aromatic N) is 2. The molecule has 0 N–H and O–H groups in total. The fraction of sp³-hybridized carbons (Fsp3) is 0.421. The summed E-state index contributed by atoms with van der Waals surface area (Å²) in [6, 6.07) is 9.14. The van der Waals surface area contributed by atoms with E-state index in [4.69, 9.17) is 4.74 Å². The first-order valence-electron chi connectivity index (χ1n) is 8.36. The summed E-state index contributed by atoms with van der Waals surface area (Å²) >= 11 is 0. The molecule has 3 rings (SSSR count). The van der Waals surface area contributed by atoms with Crippen molar-refractivity contribution in [3.8, 4) is 0 Å². The molecule has 1 aromatic heterocycles. The molecule has 1 fully saturated rings. The van der Waals surface area contributed by atoms with Gasteiger partial charge in [0.15, 0.2) is 6.61 Å². The molecule has 2 heterocycles. The number of piperidine rings is 1. The fourth-order valence-electron chi connectivity index (χ4n) is 3.19. The maximum Gasteiger partial charge on any atom is 0.339 e.